The van der Waals surface area contributed by atoms with Crippen LogP contribution in [-0.4, -0.2) is 13.7 Å². The van der Waals surface area contributed by atoms with Crippen LogP contribution in [-0.2, 0) is 0 Å². The molecule has 2 rings (SSSR count). The second kappa shape index (κ2) is 7.48. The summed E-state index contributed by atoms with van der Waals surface area (Å²) in [6.07, 6.45) is 1.02. The fourth-order valence-electron chi connectivity index (χ4n) is 2.43. The minimum atomic E-state index is 0.127. The number of rotatable bonds is 6. The van der Waals surface area contributed by atoms with E-state index in [9.17, 15) is 0 Å². The molecule has 0 aliphatic rings. The van der Waals surface area contributed by atoms with Crippen molar-refractivity contribution in [2.75, 3.05) is 13.7 Å². The molecule has 0 radical (unpaired) electrons. The first-order chi connectivity index (χ1) is 10.1. The van der Waals surface area contributed by atoms with Gasteiger partial charge in [0.1, 0.15) is 5.75 Å². The van der Waals surface area contributed by atoms with Crippen molar-refractivity contribution in [3.05, 3.63) is 64.2 Å². The van der Waals surface area contributed by atoms with Gasteiger partial charge in [0.25, 0.3) is 0 Å². The van der Waals surface area contributed by atoms with Crippen molar-refractivity contribution in [3.8, 4) is 5.75 Å². The number of aryl methyl sites for hydroxylation is 1. The highest BCUT2D eigenvalue weighted by Gasteiger charge is 2.13. The van der Waals surface area contributed by atoms with Gasteiger partial charge in [-0.3, -0.25) is 0 Å². The number of nitrogens with one attached hydrogen (secondary N) is 1. The molecule has 0 bridgehead atoms. The van der Waals surface area contributed by atoms with Gasteiger partial charge in [-0.1, -0.05) is 36.7 Å². The summed E-state index contributed by atoms with van der Waals surface area (Å²) >= 11 is 6.17. The van der Waals surface area contributed by atoms with Crippen LogP contribution in [0.1, 0.15) is 36.1 Å². The standard InChI is InChI=1S/C18H22ClNO/c1-4-9-21-17-7-5-14(6-8-17)18(20-3)15-10-13(2)11-16(19)12-15/h5-8,10-12,18,20H,4,9H2,1-3H3. The first kappa shape index (κ1) is 15.9. The van der Waals surface area contributed by atoms with Crippen LogP contribution in [0.15, 0.2) is 42.5 Å². The molecule has 1 unspecified atom stereocenters. The van der Waals surface area contributed by atoms with E-state index in [2.05, 4.69) is 37.4 Å². The lowest BCUT2D eigenvalue weighted by Crippen LogP contribution is -2.17. The SMILES string of the molecule is CCCOc1ccc(C(NC)c2cc(C)cc(Cl)c2)cc1. The lowest BCUT2D eigenvalue weighted by atomic mass is 9.97. The highest BCUT2D eigenvalue weighted by Crippen LogP contribution is 2.27. The fourth-order valence-corrected chi connectivity index (χ4v) is 2.73. The van der Waals surface area contributed by atoms with Gasteiger partial charge in [-0.2, -0.15) is 0 Å². The van der Waals surface area contributed by atoms with Crippen LogP contribution in [0, 0.1) is 6.92 Å². The quantitative estimate of drug-likeness (QED) is 0.832. The zero-order valence-corrected chi connectivity index (χ0v) is 13.6. The molecular weight excluding hydrogens is 282 g/mol. The first-order valence-electron chi connectivity index (χ1n) is 7.31. The third-order valence-electron chi connectivity index (χ3n) is 3.37. The van der Waals surface area contributed by atoms with Crippen LogP contribution >= 0.6 is 11.6 Å². The topological polar surface area (TPSA) is 21.3 Å². The van der Waals surface area contributed by atoms with E-state index in [1.807, 2.05) is 31.3 Å². The van der Waals surface area contributed by atoms with Crippen LogP contribution in [0.4, 0.5) is 0 Å². The third-order valence-corrected chi connectivity index (χ3v) is 3.59. The Bertz CT molecular complexity index is 560. The maximum atomic E-state index is 6.17. The minimum Gasteiger partial charge on any atom is -0.494 e. The summed E-state index contributed by atoms with van der Waals surface area (Å²) in [7, 11) is 1.96. The number of benzene rings is 2. The van der Waals surface area contributed by atoms with Gasteiger partial charge >= 0.3 is 0 Å². The molecule has 112 valence electrons. The molecule has 3 heteroatoms. The largest absolute Gasteiger partial charge is 0.494 e. The van der Waals surface area contributed by atoms with Crippen LogP contribution < -0.4 is 10.1 Å². The summed E-state index contributed by atoms with van der Waals surface area (Å²) in [5.41, 5.74) is 3.54. The van der Waals surface area contributed by atoms with E-state index in [0.29, 0.717) is 0 Å². The molecule has 0 amide bonds. The Labute approximate surface area is 132 Å². The lowest BCUT2D eigenvalue weighted by Gasteiger charge is -2.18. The van der Waals surface area contributed by atoms with Gasteiger partial charge in [-0.25, -0.2) is 0 Å². The van der Waals surface area contributed by atoms with Crippen LogP contribution in [0.3, 0.4) is 0 Å². The van der Waals surface area contributed by atoms with E-state index in [1.165, 1.54) is 16.7 Å². The van der Waals surface area contributed by atoms with Gasteiger partial charge in [0.2, 0.25) is 0 Å². The van der Waals surface area contributed by atoms with Gasteiger partial charge < -0.3 is 10.1 Å². The Kier molecular flexibility index (Phi) is 5.66. The maximum absolute atomic E-state index is 6.17. The minimum absolute atomic E-state index is 0.127. The Morgan fingerprint density at radius 1 is 1.10 bits per heavy atom. The Hall–Kier alpha value is -1.51. The maximum Gasteiger partial charge on any atom is 0.119 e. The van der Waals surface area contributed by atoms with Crippen LogP contribution in [0.2, 0.25) is 5.02 Å². The van der Waals surface area contributed by atoms with Crippen molar-refractivity contribution < 1.29 is 4.74 Å². The van der Waals surface area contributed by atoms with Crippen LogP contribution in [0.5, 0.6) is 5.75 Å². The molecule has 0 fully saturated rings. The average Bonchev–Trinajstić information content (AvgIpc) is 2.46. The van der Waals surface area contributed by atoms with Crippen LogP contribution in [0.25, 0.3) is 0 Å². The normalized spacial score (nSPS) is 12.2. The predicted molar refractivity (Wildman–Crippen MR) is 89.3 cm³/mol. The lowest BCUT2D eigenvalue weighted by molar-refractivity contribution is 0.317. The Morgan fingerprint density at radius 2 is 1.81 bits per heavy atom. The molecule has 0 saturated carbocycles. The zero-order valence-electron chi connectivity index (χ0n) is 12.8. The number of ether oxygens (including phenoxy) is 1. The third kappa shape index (κ3) is 4.23. The zero-order chi connectivity index (χ0) is 15.2. The molecule has 0 saturated heterocycles. The molecule has 2 aromatic carbocycles. The molecule has 2 aromatic rings. The van der Waals surface area contributed by atoms with E-state index in [4.69, 9.17) is 16.3 Å². The molecule has 2 nitrogen and oxygen atoms in total. The second-order valence-corrected chi connectivity index (χ2v) is 5.64. The second-order valence-electron chi connectivity index (χ2n) is 5.20. The van der Waals surface area contributed by atoms with E-state index in [1.54, 1.807) is 0 Å². The summed E-state index contributed by atoms with van der Waals surface area (Å²) in [5, 5.41) is 4.12. The summed E-state index contributed by atoms with van der Waals surface area (Å²) in [4.78, 5) is 0. The predicted octanol–water partition coefficient (Wildman–Crippen LogP) is 4.75. The number of halogens is 1. The van der Waals surface area contributed by atoms with Gasteiger partial charge in [-0.05, 0) is 61.3 Å². The van der Waals surface area contributed by atoms with Gasteiger partial charge in [0.05, 0.1) is 12.6 Å². The van der Waals surface area contributed by atoms with Gasteiger partial charge in [0, 0.05) is 5.02 Å². The van der Waals surface area contributed by atoms with E-state index in [0.717, 1.165) is 23.8 Å². The monoisotopic (exact) mass is 303 g/mol. The van der Waals surface area contributed by atoms with Gasteiger partial charge in [0.15, 0.2) is 0 Å². The molecule has 1 atom stereocenters. The summed E-state index contributed by atoms with van der Waals surface area (Å²) in [6, 6.07) is 14.5. The van der Waals surface area contributed by atoms with Crippen molar-refractivity contribution in [3.63, 3.8) is 0 Å². The first-order valence-corrected chi connectivity index (χ1v) is 7.69. The molecular formula is C18H22ClNO. The summed E-state index contributed by atoms with van der Waals surface area (Å²) in [6.45, 7) is 4.92. The average molecular weight is 304 g/mol. The van der Waals surface area contributed by atoms with Crippen molar-refractivity contribution >= 4 is 11.6 Å². The molecule has 0 aromatic heterocycles. The smallest absolute Gasteiger partial charge is 0.119 e. The molecule has 0 spiro atoms. The molecule has 0 aliphatic heterocycles. The molecule has 1 N–H and O–H groups in total. The van der Waals surface area contributed by atoms with Crippen molar-refractivity contribution in [1.82, 2.24) is 5.32 Å². The van der Waals surface area contributed by atoms with E-state index < -0.39 is 0 Å². The number of hydrogen-bond acceptors (Lipinski definition) is 2. The van der Waals surface area contributed by atoms with E-state index >= 15 is 0 Å². The van der Waals surface area contributed by atoms with Crippen molar-refractivity contribution in [2.24, 2.45) is 0 Å². The van der Waals surface area contributed by atoms with E-state index in [-0.39, 0.29) is 6.04 Å². The fraction of sp³-hybridized carbons (Fsp3) is 0.333. The van der Waals surface area contributed by atoms with Crippen molar-refractivity contribution in [2.45, 2.75) is 26.3 Å². The molecule has 21 heavy (non-hydrogen) atoms. The molecule has 0 heterocycles. The number of hydrogen-bond donors (Lipinski definition) is 1. The Balaban J connectivity index is 2.24. The summed E-state index contributed by atoms with van der Waals surface area (Å²) < 4.78 is 5.63. The van der Waals surface area contributed by atoms with Gasteiger partial charge in [-0.15, -0.1) is 0 Å². The highest BCUT2D eigenvalue weighted by atomic mass is 35.5. The summed E-state index contributed by atoms with van der Waals surface area (Å²) in [5.74, 6) is 0.915. The highest BCUT2D eigenvalue weighted by molar-refractivity contribution is 6.30. The Morgan fingerprint density at radius 3 is 2.38 bits per heavy atom. The molecule has 0 aliphatic carbocycles. The van der Waals surface area contributed by atoms with Crippen molar-refractivity contribution in [1.29, 1.82) is 0 Å².